The molecule has 3 atom stereocenters. The smallest absolute Gasteiger partial charge is 0.239 e. The predicted molar refractivity (Wildman–Crippen MR) is 61.9 cm³/mol. The van der Waals surface area contributed by atoms with Gasteiger partial charge in [-0.1, -0.05) is 13.8 Å². The fourth-order valence-electron chi connectivity index (χ4n) is 2.64. The van der Waals surface area contributed by atoms with Gasteiger partial charge >= 0.3 is 0 Å². The maximum absolute atomic E-state index is 12.1. The summed E-state index contributed by atoms with van der Waals surface area (Å²) in [6.07, 6.45) is 3.47. The van der Waals surface area contributed by atoms with Crippen LogP contribution in [0.5, 0.6) is 0 Å². The second-order valence-corrected chi connectivity index (χ2v) is 5.44. The van der Waals surface area contributed by atoms with Crippen molar-refractivity contribution in [1.82, 2.24) is 4.90 Å². The Balaban J connectivity index is 1.89. The van der Waals surface area contributed by atoms with Crippen LogP contribution >= 0.6 is 0 Å². The van der Waals surface area contributed by atoms with Crippen LogP contribution in [-0.4, -0.2) is 42.1 Å². The van der Waals surface area contributed by atoms with Crippen molar-refractivity contribution < 1.29 is 9.53 Å². The van der Waals surface area contributed by atoms with E-state index < -0.39 is 0 Å². The molecular weight excluding hydrogens is 204 g/mol. The minimum Gasteiger partial charge on any atom is -0.371 e. The Bertz CT molecular complexity index is 256. The van der Waals surface area contributed by atoms with Crippen molar-refractivity contribution in [3.8, 4) is 0 Å². The van der Waals surface area contributed by atoms with Gasteiger partial charge in [0.05, 0.1) is 18.2 Å². The number of nitrogens with two attached hydrogens (primary N) is 1. The van der Waals surface area contributed by atoms with Gasteiger partial charge in [-0.15, -0.1) is 0 Å². The molecule has 2 aliphatic heterocycles. The van der Waals surface area contributed by atoms with Crippen molar-refractivity contribution in [2.45, 2.75) is 51.4 Å². The molecule has 2 unspecified atom stereocenters. The van der Waals surface area contributed by atoms with Crippen molar-refractivity contribution in [1.29, 1.82) is 0 Å². The Hall–Kier alpha value is -0.610. The fourth-order valence-corrected chi connectivity index (χ4v) is 2.64. The average Bonchev–Trinajstić information content (AvgIpc) is 2.55. The van der Waals surface area contributed by atoms with E-state index in [0.717, 1.165) is 32.4 Å². The lowest BCUT2D eigenvalue weighted by molar-refractivity contribution is -0.141. The number of rotatable bonds is 3. The number of hydrogen-bond acceptors (Lipinski definition) is 3. The maximum atomic E-state index is 12.1. The van der Waals surface area contributed by atoms with Gasteiger partial charge in [0.1, 0.15) is 0 Å². The fraction of sp³-hybridized carbons (Fsp3) is 0.917. The average molecular weight is 226 g/mol. The summed E-state index contributed by atoms with van der Waals surface area (Å²) in [7, 11) is 0. The molecule has 92 valence electrons. The summed E-state index contributed by atoms with van der Waals surface area (Å²) in [4.78, 5) is 14.0. The van der Waals surface area contributed by atoms with Crippen LogP contribution in [0.2, 0.25) is 0 Å². The van der Waals surface area contributed by atoms with Gasteiger partial charge in [0.15, 0.2) is 0 Å². The number of fused-ring (bicyclic) bond motifs is 2. The van der Waals surface area contributed by atoms with Crippen LogP contribution < -0.4 is 5.73 Å². The van der Waals surface area contributed by atoms with E-state index in [1.165, 1.54) is 0 Å². The molecule has 0 aliphatic carbocycles. The number of likely N-dealkylation sites (tertiary alicyclic amines) is 1. The van der Waals surface area contributed by atoms with Crippen molar-refractivity contribution in [2.75, 3.05) is 13.1 Å². The molecule has 2 aliphatic rings. The van der Waals surface area contributed by atoms with Gasteiger partial charge in [0, 0.05) is 13.1 Å². The summed E-state index contributed by atoms with van der Waals surface area (Å²) >= 11 is 0. The standard InChI is InChI=1S/C12H22N2O2/c1-8(2)5-11(13)12(15)14-6-9-3-4-10(7-14)16-9/h8-11H,3-7,13H2,1-2H3/t9?,10?,11-/m1/s1. The molecule has 0 spiro atoms. The van der Waals surface area contributed by atoms with Gasteiger partial charge < -0.3 is 15.4 Å². The van der Waals surface area contributed by atoms with Crippen LogP contribution in [-0.2, 0) is 9.53 Å². The molecule has 1 amide bonds. The minimum absolute atomic E-state index is 0.105. The number of carbonyl (C=O) groups excluding carboxylic acids is 1. The topological polar surface area (TPSA) is 55.6 Å². The molecule has 0 aromatic rings. The van der Waals surface area contributed by atoms with E-state index in [9.17, 15) is 4.79 Å². The molecule has 4 nitrogen and oxygen atoms in total. The zero-order valence-electron chi connectivity index (χ0n) is 10.2. The van der Waals surface area contributed by atoms with E-state index in [2.05, 4.69) is 13.8 Å². The van der Waals surface area contributed by atoms with Crippen LogP contribution in [0, 0.1) is 5.92 Å². The SMILES string of the molecule is CC(C)C[C@@H](N)C(=O)N1CC2CCC(C1)O2. The summed E-state index contributed by atoms with van der Waals surface area (Å²) in [5.41, 5.74) is 5.93. The molecule has 2 heterocycles. The zero-order valence-corrected chi connectivity index (χ0v) is 10.2. The molecule has 2 saturated heterocycles. The molecule has 2 bridgehead atoms. The number of hydrogen-bond donors (Lipinski definition) is 1. The summed E-state index contributed by atoms with van der Waals surface area (Å²) in [6, 6.07) is -0.336. The first-order valence-electron chi connectivity index (χ1n) is 6.26. The van der Waals surface area contributed by atoms with Crippen LogP contribution in [0.25, 0.3) is 0 Å². The van der Waals surface area contributed by atoms with Gasteiger partial charge in [-0.2, -0.15) is 0 Å². The monoisotopic (exact) mass is 226 g/mol. The van der Waals surface area contributed by atoms with Crippen LogP contribution in [0.15, 0.2) is 0 Å². The lowest BCUT2D eigenvalue weighted by Gasteiger charge is -2.34. The summed E-state index contributed by atoms with van der Waals surface area (Å²) < 4.78 is 5.70. The lowest BCUT2D eigenvalue weighted by atomic mass is 10.0. The van der Waals surface area contributed by atoms with Crippen molar-refractivity contribution in [3.05, 3.63) is 0 Å². The molecule has 0 radical (unpaired) electrons. The third-order valence-corrected chi connectivity index (χ3v) is 3.40. The first-order valence-corrected chi connectivity index (χ1v) is 6.26. The number of morpholine rings is 1. The zero-order chi connectivity index (χ0) is 11.7. The maximum Gasteiger partial charge on any atom is 0.239 e. The minimum atomic E-state index is -0.336. The third kappa shape index (κ3) is 2.55. The quantitative estimate of drug-likeness (QED) is 0.772. The number of carbonyl (C=O) groups is 1. The van der Waals surface area contributed by atoms with Gasteiger partial charge in [0.25, 0.3) is 0 Å². The first-order chi connectivity index (χ1) is 7.56. The predicted octanol–water partition coefficient (Wildman–Crippen LogP) is 0.750. The van der Waals surface area contributed by atoms with Gasteiger partial charge in [0.2, 0.25) is 5.91 Å². The van der Waals surface area contributed by atoms with Gasteiger partial charge in [-0.25, -0.2) is 0 Å². The Labute approximate surface area is 97.1 Å². The summed E-state index contributed by atoms with van der Waals surface area (Å²) in [5, 5.41) is 0. The first kappa shape index (κ1) is 11.9. The number of nitrogens with zero attached hydrogens (tertiary/aromatic N) is 1. The van der Waals surface area contributed by atoms with E-state index in [-0.39, 0.29) is 24.2 Å². The highest BCUT2D eigenvalue weighted by molar-refractivity contribution is 5.81. The second-order valence-electron chi connectivity index (χ2n) is 5.44. The van der Waals surface area contributed by atoms with Crippen LogP contribution in [0.3, 0.4) is 0 Å². The van der Waals surface area contributed by atoms with Crippen molar-refractivity contribution in [2.24, 2.45) is 11.7 Å². The molecule has 2 fully saturated rings. The van der Waals surface area contributed by atoms with Crippen molar-refractivity contribution >= 4 is 5.91 Å². The summed E-state index contributed by atoms with van der Waals surface area (Å²) in [5.74, 6) is 0.575. The number of amides is 1. The van der Waals surface area contributed by atoms with Gasteiger partial charge in [-0.05, 0) is 25.2 Å². The van der Waals surface area contributed by atoms with E-state index in [1.807, 2.05) is 4.90 Å². The van der Waals surface area contributed by atoms with E-state index >= 15 is 0 Å². The Morgan fingerprint density at radius 1 is 1.38 bits per heavy atom. The highest BCUT2D eigenvalue weighted by atomic mass is 16.5. The van der Waals surface area contributed by atoms with Gasteiger partial charge in [-0.3, -0.25) is 4.79 Å². The van der Waals surface area contributed by atoms with E-state index in [0.29, 0.717) is 5.92 Å². The second kappa shape index (κ2) is 4.72. The molecule has 0 aromatic carbocycles. The summed E-state index contributed by atoms with van der Waals surface area (Å²) in [6.45, 7) is 5.66. The van der Waals surface area contributed by atoms with Crippen LogP contribution in [0.1, 0.15) is 33.1 Å². The largest absolute Gasteiger partial charge is 0.371 e. The number of ether oxygens (including phenoxy) is 1. The van der Waals surface area contributed by atoms with E-state index in [1.54, 1.807) is 0 Å². The molecule has 2 rings (SSSR count). The Kier molecular flexibility index (Phi) is 3.50. The Morgan fingerprint density at radius 3 is 2.44 bits per heavy atom. The molecule has 0 aromatic heterocycles. The molecule has 4 heteroatoms. The molecule has 0 saturated carbocycles. The Morgan fingerprint density at radius 2 is 1.94 bits per heavy atom. The molecular formula is C12H22N2O2. The normalized spacial score (nSPS) is 30.9. The highest BCUT2D eigenvalue weighted by Gasteiger charge is 2.36. The molecule has 16 heavy (non-hydrogen) atoms. The van der Waals surface area contributed by atoms with Crippen LogP contribution in [0.4, 0.5) is 0 Å². The third-order valence-electron chi connectivity index (χ3n) is 3.40. The van der Waals surface area contributed by atoms with E-state index in [4.69, 9.17) is 10.5 Å². The van der Waals surface area contributed by atoms with Crippen molar-refractivity contribution in [3.63, 3.8) is 0 Å². The lowest BCUT2D eigenvalue weighted by Crippen LogP contribution is -2.51. The highest BCUT2D eigenvalue weighted by Crippen LogP contribution is 2.26. The molecule has 2 N–H and O–H groups in total.